The van der Waals surface area contributed by atoms with E-state index in [4.69, 9.17) is 9.47 Å². The molecule has 2 aliphatic heterocycles. The van der Waals surface area contributed by atoms with Gasteiger partial charge in [-0.15, -0.1) is 0 Å². The second-order valence-corrected chi connectivity index (χ2v) is 7.80. The Kier molecular flexibility index (Phi) is 5.76. The highest BCUT2D eigenvalue weighted by Crippen LogP contribution is 2.41. The molecule has 2 heterocycles. The summed E-state index contributed by atoms with van der Waals surface area (Å²) in [4.78, 5) is 42.0. The summed E-state index contributed by atoms with van der Waals surface area (Å²) in [5, 5.41) is 2.84. The second-order valence-electron chi connectivity index (χ2n) is 7.80. The van der Waals surface area contributed by atoms with Crippen molar-refractivity contribution in [2.45, 2.75) is 37.6 Å². The number of carbonyl (C=O) groups excluding carboxylic acids is 3. The Balaban J connectivity index is 1.56. The number of para-hydroxylation sites is 1. The zero-order valence-electron chi connectivity index (χ0n) is 17.2. The number of fused-ring (bicyclic) bond motifs is 2. The second kappa shape index (κ2) is 8.47. The molecule has 3 aliphatic rings. The van der Waals surface area contributed by atoms with Crippen molar-refractivity contribution in [3.05, 3.63) is 41.6 Å². The maximum Gasteiger partial charge on any atom is 0.325 e. The Labute approximate surface area is 175 Å². The van der Waals surface area contributed by atoms with Crippen LogP contribution in [0.1, 0.15) is 37.7 Å². The number of allylic oxidation sites excluding steroid dienone is 2. The Morgan fingerprint density at radius 1 is 1.30 bits per heavy atom. The molecule has 8 nitrogen and oxygen atoms in total. The molecule has 1 aliphatic carbocycles. The van der Waals surface area contributed by atoms with Gasteiger partial charge in [0.05, 0.1) is 13.2 Å². The smallest absolute Gasteiger partial charge is 0.325 e. The number of nitrogens with zero attached hydrogens (tertiary/aromatic N) is 2. The van der Waals surface area contributed by atoms with Crippen molar-refractivity contribution in [2.75, 3.05) is 33.4 Å². The number of amides is 4. The summed E-state index contributed by atoms with van der Waals surface area (Å²) in [6.07, 6.45) is 6.26. The van der Waals surface area contributed by atoms with E-state index in [0.717, 1.165) is 36.3 Å². The Morgan fingerprint density at radius 3 is 2.90 bits per heavy atom. The molecular formula is C22H27N3O5. The molecule has 1 N–H and O–H groups in total. The van der Waals surface area contributed by atoms with Gasteiger partial charge in [0.25, 0.3) is 5.91 Å². The van der Waals surface area contributed by atoms with Crippen molar-refractivity contribution in [3.8, 4) is 5.75 Å². The van der Waals surface area contributed by atoms with Crippen molar-refractivity contribution < 1.29 is 23.9 Å². The first kappa shape index (κ1) is 20.4. The van der Waals surface area contributed by atoms with Gasteiger partial charge in [0.2, 0.25) is 5.91 Å². The first-order chi connectivity index (χ1) is 14.6. The molecule has 30 heavy (non-hydrogen) atoms. The Hall–Kier alpha value is -2.87. The minimum atomic E-state index is -1.17. The Bertz CT molecular complexity index is 883. The van der Waals surface area contributed by atoms with Crippen LogP contribution in [-0.2, 0) is 19.9 Å². The summed E-state index contributed by atoms with van der Waals surface area (Å²) in [5.74, 6) is -0.0957. The topological polar surface area (TPSA) is 88.2 Å². The van der Waals surface area contributed by atoms with E-state index in [9.17, 15) is 14.4 Å². The SMILES string of the molecule is COCCN(C(=O)CN1C(=O)N[C@@]2(CCOc3ccccc32)C1=O)C1=CCCCC1. The maximum atomic E-state index is 13.4. The van der Waals surface area contributed by atoms with Crippen molar-refractivity contribution in [1.82, 2.24) is 15.1 Å². The molecule has 160 valence electrons. The lowest BCUT2D eigenvalue weighted by Gasteiger charge is -2.33. The third-order valence-electron chi connectivity index (χ3n) is 5.98. The van der Waals surface area contributed by atoms with Gasteiger partial charge >= 0.3 is 6.03 Å². The van der Waals surface area contributed by atoms with Crippen LogP contribution in [0, 0.1) is 0 Å². The van der Waals surface area contributed by atoms with Gasteiger partial charge in [-0.2, -0.15) is 0 Å². The van der Waals surface area contributed by atoms with E-state index in [1.54, 1.807) is 24.1 Å². The molecule has 8 heteroatoms. The highest BCUT2D eigenvalue weighted by atomic mass is 16.5. The summed E-state index contributed by atoms with van der Waals surface area (Å²) >= 11 is 0. The zero-order valence-corrected chi connectivity index (χ0v) is 17.2. The molecular weight excluding hydrogens is 386 g/mol. The van der Waals surface area contributed by atoms with E-state index in [2.05, 4.69) is 11.4 Å². The monoisotopic (exact) mass is 413 g/mol. The van der Waals surface area contributed by atoms with Gasteiger partial charge < -0.3 is 19.7 Å². The van der Waals surface area contributed by atoms with Crippen molar-refractivity contribution in [2.24, 2.45) is 0 Å². The number of benzene rings is 1. The standard InChI is InChI=1S/C22H27N3O5/c1-29-14-12-24(16-7-3-2-4-8-16)19(26)15-25-20(27)22(23-21(25)28)11-13-30-18-10-6-5-9-17(18)22/h5-7,9-10H,2-4,8,11-15H2,1H3,(H,23,28)/t22-/m1/s1. The molecule has 0 unspecified atom stereocenters. The van der Waals surface area contributed by atoms with Crippen LogP contribution in [0.15, 0.2) is 36.0 Å². The van der Waals surface area contributed by atoms with Gasteiger partial charge in [-0.3, -0.25) is 14.5 Å². The summed E-state index contributed by atoms with van der Waals surface area (Å²) in [6.45, 7) is 0.804. The van der Waals surface area contributed by atoms with Gasteiger partial charge in [0.1, 0.15) is 12.3 Å². The summed E-state index contributed by atoms with van der Waals surface area (Å²) in [7, 11) is 1.59. The summed E-state index contributed by atoms with van der Waals surface area (Å²) in [6, 6.07) is 6.66. The fourth-order valence-corrected chi connectivity index (χ4v) is 4.41. The molecule has 0 radical (unpaired) electrons. The number of imide groups is 1. The van der Waals surface area contributed by atoms with Crippen LogP contribution in [0.3, 0.4) is 0 Å². The van der Waals surface area contributed by atoms with E-state index >= 15 is 0 Å². The molecule has 4 amide bonds. The fourth-order valence-electron chi connectivity index (χ4n) is 4.41. The molecule has 0 bridgehead atoms. The fraction of sp³-hybridized carbons (Fsp3) is 0.500. The largest absolute Gasteiger partial charge is 0.493 e. The quantitative estimate of drug-likeness (QED) is 0.722. The predicted octanol–water partition coefficient (Wildman–Crippen LogP) is 2.15. The molecule has 0 aromatic heterocycles. The average molecular weight is 413 g/mol. The normalized spacial score (nSPS) is 23.0. The number of rotatable bonds is 6. The van der Waals surface area contributed by atoms with Gasteiger partial charge in [-0.25, -0.2) is 4.79 Å². The Morgan fingerprint density at radius 2 is 2.13 bits per heavy atom. The van der Waals surface area contributed by atoms with E-state index in [1.165, 1.54) is 0 Å². The third-order valence-corrected chi connectivity index (χ3v) is 5.98. The van der Waals surface area contributed by atoms with Crippen molar-refractivity contribution in [3.63, 3.8) is 0 Å². The zero-order chi connectivity index (χ0) is 21.1. The predicted molar refractivity (Wildman–Crippen MR) is 109 cm³/mol. The average Bonchev–Trinajstić information content (AvgIpc) is 3.00. The number of ether oxygens (including phenoxy) is 2. The number of nitrogens with one attached hydrogen (secondary N) is 1. The van der Waals surface area contributed by atoms with Crippen LogP contribution in [0.5, 0.6) is 5.75 Å². The number of carbonyl (C=O) groups is 3. The van der Waals surface area contributed by atoms with Gasteiger partial charge in [0.15, 0.2) is 5.54 Å². The van der Waals surface area contributed by atoms with Crippen molar-refractivity contribution >= 4 is 17.8 Å². The molecule has 1 aromatic rings. The van der Waals surface area contributed by atoms with Crippen LogP contribution >= 0.6 is 0 Å². The highest BCUT2D eigenvalue weighted by molar-refractivity contribution is 6.09. The van der Waals surface area contributed by atoms with Crippen LogP contribution in [-0.4, -0.2) is 61.1 Å². The third kappa shape index (κ3) is 3.56. The highest BCUT2D eigenvalue weighted by Gasteiger charge is 2.55. The van der Waals surface area contributed by atoms with E-state index in [-0.39, 0.29) is 12.5 Å². The minimum Gasteiger partial charge on any atom is -0.493 e. The first-order valence-corrected chi connectivity index (χ1v) is 10.4. The molecule has 1 saturated heterocycles. The molecule has 0 saturated carbocycles. The van der Waals surface area contributed by atoms with Crippen LogP contribution in [0.4, 0.5) is 4.79 Å². The van der Waals surface area contributed by atoms with Crippen LogP contribution in [0.2, 0.25) is 0 Å². The van der Waals surface area contributed by atoms with E-state index < -0.39 is 17.5 Å². The number of methoxy groups -OCH3 is 1. The summed E-state index contributed by atoms with van der Waals surface area (Å²) < 4.78 is 10.8. The molecule has 4 rings (SSSR count). The number of hydrogen-bond acceptors (Lipinski definition) is 5. The lowest BCUT2D eigenvalue weighted by Crippen LogP contribution is -2.48. The van der Waals surface area contributed by atoms with Crippen LogP contribution < -0.4 is 10.1 Å². The molecule has 1 aromatic carbocycles. The molecule has 1 fully saturated rings. The van der Waals surface area contributed by atoms with Gasteiger partial charge in [0, 0.05) is 31.3 Å². The first-order valence-electron chi connectivity index (χ1n) is 10.4. The lowest BCUT2D eigenvalue weighted by atomic mass is 9.84. The number of hydrogen-bond donors (Lipinski definition) is 1. The lowest BCUT2D eigenvalue weighted by molar-refractivity contribution is -0.139. The van der Waals surface area contributed by atoms with Crippen LogP contribution in [0.25, 0.3) is 0 Å². The molecule has 1 spiro atoms. The van der Waals surface area contributed by atoms with E-state index in [1.807, 2.05) is 12.1 Å². The van der Waals surface area contributed by atoms with Gasteiger partial charge in [-0.1, -0.05) is 24.3 Å². The number of urea groups is 1. The van der Waals surface area contributed by atoms with Crippen molar-refractivity contribution in [1.29, 1.82) is 0 Å². The summed E-state index contributed by atoms with van der Waals surface area (Å²) in [5.41, 5.74) is 0.408. The molecule has 1 atom stereocenters. The minimum absolute atomic E-state index is 0.277. The van der Waals surface area contributed by atoms with Gasteiger partial charge in [-0.05, 0) is 31.7 Å². The maximum absolute atomic E-state index is 13.4. The van der Waals surface area contributed by atoms with E-state index in [0.29, 0.717) is 37.5 Å².